The number of anilines is 1. The first-order valence-electron chi connectivity index (χ1n) is 6.97. The number of nitrogen functional groups attached to an aromatic ring is 1. The number of nitrogens with zero attached hydrogens (tertiary/aromatic N) is 3. The molecular weight excluding hydrogens is 308 g/mol. The third-order valence-corrected chi connectivity index (χ3v) is 3.34. The highest BCUT2D eigenvalue weighted by Gasteiger charge is 2.17. The Hall–Kier alpha value is -3.61. The minimum absolute atomic E-state index is 0.00114. The molecule has 0 fully saturated rings. The summed E-state index contributed by atoms with van der Waals surface area (Å²) < 4.78 is 0. The highest BCUT2D eigenvalue weighted by atomic mass is 16.4. The summed E-state index contributed by atoms with van der Waals surface area (Å²) in [5.41, 5.74) is 7.13. The molecule has 0 amide bonds. The molecule has 7 nitrogen and oxygen atoms in total. The lowest BCUT2D eigenvalue weighted by atomic mass is 10.1. The Balaban J connectivity index is 2.05. The molecule has 3 N–H and O–H groups in total. The zero-order valence-corrected chi connectivity index (χ0v) is 12.4. The summed E-state index contributed by atoms with van der Waals surface area (Å²) in [6, 6.07) is 9.45. The number of nitrogens with two attached hydrogens (primary N) is 1. The summed E-state index contributed by atoms with van der Waals surface area (Å²) in [5, 5.41) is 9.07. The fourth-order valence-corrected chi connectivity index (χ4v) is 2.15. The van der Waals surface area contributed by atoms with Gasteiger partial charge in [-0.15, -0.1) is 0 Å². The molecule has 0 unspecified atom stereocenters. The van der Waals surface area contributed by atoms with Crippen molar-refractivity contribution in [1.29, 1.82) is 0 Å². The van der Waals surface area contributed by atoms with E-state index >= 15 is 0 Å². The number of carbonyl (C=O) groups excluding carboxylic acids is 1. The molecule has 2 aromatic heterocycles. The van der Waals surface area contributed by atoms with Crippen LogP contribution in [0.2, 0.25) is 0 Å². The van der Waals surface area contributed by atoms with Gasteiger partial charge >= 0.3 is 5.97 Å². The second kappa shape index (κ2) is 6.25. The minimum Gasteiger partial charge on any atom is -0.478 e. The van der Waals surface area contributed by atoms with Gasteiger partial charge in [-0.3, -0.25) is 9.78 Å². The largest absolute Gasteiger partial charge is 0.478 e. The quantitative estimate of drug-likeness (QED) is 0.706. The van der Waals surface area contributed by atoms with E-state index in [1.165, 1.54) is 24.5 Å². The third-order valence-electron chi connectivity index (χ3n) is 3.34. The Labute approximate surface area is 136 Å². The number of pyridine rings is 1. The van der Waals surface area contributed by atoms with Crippen LogP contribution in [0, 0.1) is 0 Å². The maximum Gasteiger partial charge on any atom is 0.335 e. The number of aromatic nitrogens is 3. The number of hydrogen-bond donors (Lipinski definition) is 2. The van der Waals surface area contributed by atoms with Crippen LogP contribution in [0.5, 0.6) is 0 Å². The SMILES string of the molecule is Nc1ncc(-c2cccc(C(=O)O)c2)nc1C(=O)c1cccnc1. The van der Waals surface area contributed by atoms with E-state index in [0.29, 0.717) is 16.8 Å². The molecule has 0 aliphatic rings. The van der Waals surface area contributed by atoms with E-state index in [9.17, 15) is 9.59 Å². The molecule has 3 rings (SSSR count). The Morgan fingerprint density at radius 3 is 2.54 bits per heavy atom. The van der Waals surface area contributed by atoms with E-state index in [4.69, 9.17) is 10.8 Å². The van der Waals surface area contributed by atoms with Crippen molar-refractivity contribution in [3.8, 4) is 11.3 Å². The molecular formula is C17H12N4O3. The number of carboxylic acids is 1. The number of carbonyl (C=O) groups is 2. The molecule has 0 saturated heterocycles. The summed E-state index contributed by atoms with van der Waals surface area (Å²) >= 11 is 0. The summed E-state index contributed by atoms with van der Waals surface area (Å²) in [6.07, 6.45) is 4.37. The molecule has 0 spiro atoms. The van der Waals surface area contributed by atoms with Gasteiger partial charge < -0.3 is 10.8 Å². The molecule has 3 aromatic rings. The fourth-order valence-electron chi connectivity index (χ4n) is 2.15. The molecule has 1 aromatic carbocycles. The van der Waals surface area contributed by atoms with Crippen molar-refractivity contribution in [3.05, 3.63) is 71.8 Å². The summed E-state index contributed by atoms with van der Waals surface area (Å²) in [5.74, 6) is -1.45. The van der Waals surface area contributed by atoms with Gasteiger partial charge in [0.05, 0.1) is 17.5 Å². The highest BCUT2D eigenvalue weighted by molar-refractivity contribution is 6.10. The summed E-state index contributed by atoms with van der Waals surface area (Å²) in [6.45, 7) is 0. The van der Waals surface area contributed by atoms with E-state index in [-0.39, 0.29) is 17.1 Å². The van der Waals surface area contributed by atoms with Gasteiger partial charge in [0.25, 0.3) is 0 Å². The molecule has 118 valence electrons. The smallest absolute Gasteiger partial charge is 0.335 e. The van der Waals surface area contributed by atoms with E-state index in [1.54, 1.807) is 30.5 Å². The number of rotatable bonds is 4. The van der Waals surface area contributed by atoms with Crippen LogP contribution in [0.4, 0.5) is 5.82 Å². The number of carboxylic acid groups (broad SMARTS) is 1. The number of ketones is 1. The fraction of sp³-hybridized carbons (Fsp3) is 0. The third kappa shape index (κ3) is 2.95. The maximum atomic E-state index is 12.5. The molecule has 0 radical (unpaired) electrons. The van der Waals surface area contributed by atoms with E-state index in [0.717, 1.165) is 0 Å². The van der Waals surface area contributed by atoms with Crippen LogP contribution in [-0.2, 0) is 0 Å². The van der Waals surface area contributed by atoms with Gasteiger partial charge in [0.2, 0.25) is 5.78 Å². The molecule has 0 atom stereocenters. The molecule has 2 heterocycles. The van der Waals surface area contributed by atoms with Crippen molar-refractivity contribution in [2.24, 2.45) is 0 Å². The average molecular weight is 320 g/mol. The molecule has 0 saturated carbocycles. The van der Waals surface area contributed by atoms with E-state index in [2.05, 4.69) is 15.0 Å². The number of benzene rings is 1. The first-order valence-corrected chi connectivity index (χ1v) is 6.97. The summed E-state index contributed by atoms with van der Waals surface area (Å²) in [7, 11) is 0. The zero-order chi connectivity index (χ0) is 17.1. The molecule has 0 aliphatic carbocycles. The predicted octanol–water partition coefficient (Wildman–Crippen LogP) is 2.05. The average Bonchev–Trinajstić information content (AvgIpc) is 2.62. The molecule has 0 aliphatic heterocycles. The Bertz CT molecular complexity index is 926. The highest BCUT2D eigenvalue weighted by Crippen LogP contribution is 2.21. The molecule has 7 heteroatoms. The lowest BCUT2D eigenvalue weighted by Crippen LogP contribution is -2.10. The van der Waals surface area contributed by atoms with E-state index < -0.39 is 11.8 Å². The van der Waals surface area contributed by atoms with Crippen LogP contribution in [0.3, 0.4) is 0 Å². The van der Waals surface area contributed by atoms with Gasteiger partial charge in [-0.2, -0.15) is 0 Å². The zero-order valence-electron chi connectivity index (χ0n) is 12.4. The number of aromatic carboxylic acids is 1. The first kappa shape index (κ1) is 15.3. The predicted molar refractivity (Wildman–Crippen MR) is 86.5 cm³/mol. The van der Waals surface area contributed by atoms with Crippen molar-refractivity contribution in [2.45, 2.75) is 0 Å². The van der Waals surface area contributed by atoms with Crippen molar-refractivity contribution < 1.29 is 14.7 Å². The minimum atomic E-state index is -1.05. The maximum absolute atomic E-state index is 12.5. The van der Waals surface area contributed by atoms with Crippen LogP contribution < -0.4 is 5.73 Å². The standard InChI is InChI=1S/C17H12N4O3/c18-16-14(15(22)12-5-2-6-19-8-12)21-13(9-20-16)10-3-1-4-11(7-10)17(23)24/h1-9H,(H2,18,20)(H,23,24). The monoisotopic (exact) mass is 320 g/mol. The lowest BCUT2D eigenvalue weighted by Gasteiger charge is -2.07. The Morgan fingerprint density at radius 1 is 1.04 bits per heavy atom. The van der Waals surface area contributed by atoms with Crippen molar-refractivity contribution in [3.63, 3.8) is 0 Å². The Kier molecular flexibility index (Phi) is 3.98. The Morgan fingerprint density at radius 2 is 1.83 bits per heavy atom. The van der Waals surface area contributed by atoms with E-state index in [1.807, 2.05) is 0 Å². The van der Waals surface area contributed by atoms with Gasteiger partial charge in [-0.05, 0) is 24.3 Å². The van der Waals surface area contributed by atoms with Crippen molar-refractivity contribution >= 4 is 17.6 Å². The van der Waals surface area contributed by atoms with Crippen molar-refractivity contribution in [2.75, 3.05) is 5.73 Å². The normalized spacial score (nSPS) is 10.3. The number of hydrogen-bond acceptors (Lipinski definition) is 6. The lowest BCUT2D eigenvalue weighted by molar-refractivity contribution is 0.0696. The summed E-state index contributed by atoms with van der Waals surface area (Å²) in [4.78, 5) is 35.8. The second-order valence-electron chi connectivity index (χ2n) is 4.95. The van der Waals surface area contributed by atoms with Gasteiger partial charge in [-0.1, -0.05) is 12.1 Å². The van der Waals surface area contributed by atoms with Crippen LogP contribution in [0.25, 0.3) is 11.3 Å². The molecule has 24 heavy (non-hydrogen) atoms. The van der Waals surface area contributed by atoms with Gasteiger partial charge in [0.15, 0.2) is 11.5 Å². The van der Waals surface area contributed by atoms with Crippen LogP contribution in [-0.4, -0.2) is 31.8 Å². The topological polar surface area (TPSA) is 119 Å². The first-order chi connectivity index (χ1) is 11.6. The van der Waals surface area contributed by atoms with Gasteiger partial charge in [0.1, 0.15) is 0 Å². The molecule has 0 bridgehead atoms. The van der Waals surface area contributed by atoms with Crippen LogP contribution in [0.1, 0.15) is 26.4 Å². The van der Waals surface area contributed by atoms with Crippen LogP contribution >= 0.6 is 0 Å². The van der Waals surface area contributed by atoms with Crippen molar-refractivity contribution in [1.82, 2.24) is 15.0 Å². The van der Waals surface area contributed by atoms with Gasteiger partial charge in [-0.25, -0.2) is 14.8 Å². The van der Waals surface area contributed by atoms with Crippen LogP contribution in [0.15, 0.2) is 55.0 Å². The van der Waals surface area contributed by atoms with Gasteiger partial charge in [0, 0.05) is 23.5 Å². The second-order valence-corrected chi connectivity index (χ2v) is 4.95.